The Hall–Kier alpha value is -10.0. The molecule has 1 aliphatic carbocycles. The first-order valence-corrected chi connectivity index (χ1v) is 30.3. The third-order valence-corrected chi connectivity index (χ3v) is 16.8. The van der Waals surface area contributed by atoms with E-state index in [-0.39, 0.29) is 0 Å². The number of nitrogens with zero attached hydrogens (tertiary/aromatic N) is 2. The van der Waals surface area contributed by atoms with Gasteiger partial charge in [0.05, 0.1) is 18.5 Å². The zero-order valence-corrected chi connectivity index (χ0v) is 49.3. The number of ether oxygens (including phenoxy) is 1. The summed E-state index contributed by atoms with van der Waals surface area (Å²) in [5.74, 6) is 0.844. The predicted molar refractivity (Wildman–Crippen MR) is 366 cm³/mol. The maximum absolute atomic E-state index is 5.37. The number of benzene rings is 11. The summed E-state index contributed by atoms with van der Waals surface area (Å²) >= 11 is 1.76. The fraction of sp³-hybridized carbons (Fsp3) is 0.0864. The topological polar surface area (TPSA) is 15.7 Å². The molecule has 0 bridgehead atoms. The molecule has 13 rings (SSSR count). The van der Waals surface area contributed by atoms with Gasteiger partial charge in [0.1, 0.15) is 5.75 Å². The molecular weight excluding hydrogens is 1050 g/mol. The third-order valence-electron chi connectivity index (χ3n) is 15.9. The van der Waals surface area contributed by atoms with Crippen LogP contribution in [0.25, 0.3) is 44.8 Å². The summed E-state index contributed by atoms with van der Waals surface area (Å²) in [6.07, 6.45) is 17.8. The van der Waals surface area contributed by atoms with Crippen LogP contribution in [0, 0.1) is 13.8 Å². The molecule has 414 valence electrons. The Morgan fingerprint density at radius 3 is 1.52 bits per heavy atom. The fourth-order valence-electron chi connectivity index (χ4n) is 11.7. The second-order valence-corrected chi connectivity index (χ2v) is 22.5. The molecule has 11 aromatic carbocycles. The van der Waals surface area contributed by atoms with Gasteiger partial charge in [0, 0.05) is 38.4 Å². The zero-order chi connectivity index (χ0) is 57.7. The van der Waals surface area contributed by atoms with Crippen molar-refractivity contribution in [3.8, 4) is 5.75 Å². The van der Waals surface area contributed by atoms with Gasteiger partial charge in [-0.05, 0) is 179 Å². The molecule has 0 saturated heterocycles. The number of thiophene rings is 1. The monoisotopic (exact) mass is 1120 g/mol. The first-order valence-electron chi connectivity index (χ1n) is 29.5. The van der Waals surface area contributed by atoms with Crippen LogP contribution in [0.15, 0.2) is 297 Å². The van der Waals surface area contributed by atoms with Crippen molar-refractivity contribution in [1.82, 2.24) is 0 Å². The molecule has 1 heterocycles. The van der Waals surface area contributed by atoms with Crippen molar-refractivity contribution in [2.24, 2.45) is 0 Å². The first kappa shape index (κ1) is 55.5. The number of fused-ring (bicyclic) bond motifs is 3. The van der Waals surface area contributed by atoms with Crippen molar-refractivity contribution in [2.45, 2.75) is 39.5 Å². The lowest BCUT2D eigenvalue weighted by Crippen LogP contribution is -2.18. The maximum Gasteiger partial charge on any atom is 0.119 e. The Morgan fingerprint density at radius 1 is 0.412 bits per heavy atom. The van der Waals surface area contributed by atoms with Crippen LogP contribution in [0.2, 0.25) is 0 Å². The largest absolute Gasteiger partial charge is 0.497 e. The second-order valence-electron chi connectivity index (χ2n) is 21.6. The minimum absolute atomic E-state index is 0.844. The lowest BCUT2D eigenvalue weighted by Gasteiger charge is -2.34. The van der Waals surface area contributed by atoms with Gasteiger partial charge in [-0.3, -0.25) is 0 Å². The Labute approximate surface area is 505 Å². The first-order chi connectivity index (χ1) is 42.0. The van der Waals surface area contributed by atoms with Crippen LogP contribution < -0.4 is 14.5 Å². The molecule has 12 aromatic rings. The van der Waals surface area contributed by atoms with E-state index in [0.717, 1.165) is 35.7 Å². The number of rotatable bonds is 15. The summed E-state index contributed by atoms with van der Waals surface area (Å²) in [4.78, 5) is 6.06. The molecule has 1 aromatic heterocycles. The highest BCUT2D eigenvalue weighted by atomic mass is 32.1. The van der Waals surface area contributed by atoms with Crippen LogP contribution in [-0.4, -0.2) is 7.11 Å². The summed E-state index contributed by atoms with van der Waals surface area (Å²) in [5.41, 5.74) is 21.2. The van der Waals surface area contributed by atoms with Gasteiger partial charge < -0.3 is 14.5 Å². The van der Waals surface area contributed by atoms with Gasteiger partial charge in [-0.2, -0.15) is 0 Å². The molecule has 0 fully saturated rings. The lowest BCUT2D eigenvalue weighted by molar-refractivity contribution is 0.415. The normalized spacial score (nSPS) is 12.5. The van der Waals surface area contributed by atoms with Crippen molar-refractivity contribution in [2.75, 3.05) is 16.9 Å². The van der Waals surface area contributed by atoms with E-state index in [1.54, 1.807) is 18.4 Å². The fourth-order valence-corrected chi connectivity index (χ4v) is 12.5. The highest BCUT2D eigenvalue weighted by molar-refractivity contribution is 7.11. The van der Waals surface area contributed by atoms with E-state index >= 15 is 0 Å². The highest BCUT2D eigenvalue weighted by Gasteiger charge is 2.29. The number of methoxy groups -OCH3 is 1. The van der Waals surface area contributed by atoms with Crippen molar-refractivity contribution in [1.29, 1.82) is 0 Å². The van der Waals surface area contributed by atoms with Gasteiger partial charge in [0.15, 0.2) is 0 Å². The molecule has 0 spiro atoms. The van der Waals surface area contributed by atoms with E-state index in [4.69, 9.17) is 4.74 Å². The van der Waals surface area contributed by atoms with E-state index < -0.39 is 0 Å². The average Bonchev–Trinajstić information content (AvgIpc) is 4.34. The molecule has 0 radical (unpaired) electrons. The van der Waals surface area contributed by atoms with Gasteiger partial charge in [-0.15, -0.1) is 11.3 Å². The van der Waals surface area contributed by atoms with E-state index in [9.17, 15) is 0 Å². The Kier molecular flexibility index (Phi) is 17.3. The number of hydrogen-bond donors (Lipinski definition) is 0. The van der Waals surface area contributed by atoms with Crippen LogP contribution in [-0.2, 0) is 12.8 Å². The van der Waals surface area contributed by atoms with Gasteiger partial charge in [-0.1, -0.05) is 242 Å². The molecule has 1 aliphatic rings. The van der Waals surface area contributed by atoms with Gasteiger partial charge in [-0.25, -0.2) is 0 Å². The van der Waals surface area contributed by atoms with Gasteiger partial charge in [0.2, 0.25) is 0 Å². The van der Waals surface area contributed by atoms with Gasteiger partial charge in [0.25, 0.3) is 0 Å². The predicted octanol–water partition coefficient (Wildman–Crippen LogP) is 22.5. The lowest BCUT2D eigenvalue weighted by atomic mass is 9.79. The number of hydrogen-bond acceptors (Lipinski definition) is 4. The van der Waals surface area contributed by atoms with Crippen LogP contribution in [0.1, 0.15) is 67.8 Å². The van der Waals surface area contributed by atoms with Crippen molar-refractivity contribution in [3.63, 3.8) is 0 Å². The van der Waals surface area contributed by atoms with E-state index in [2.05, 4.69) is 308 Å². The minimum atomic E-state index is 0.844. The second kappa shape index (κ2) is 26.5. The van der Waals surface area contributed by atoms with Crippen LogP contribution in [0.5, 0.6) is 5.75 Å². The number of allylic oxidation sites excluding steroid dienone is 4. The van der Waals surface area contributed by atoms with Gasteiger partial charge >= 0.3 is 0 Å². The summed E-state index contributed by atoms with van der Waals surface area (Å²) < 4.78 is 5.37. The molecular formula is C81H68N2OS. The molecule has 85 heavy (non-hydrogen) atoms. The van der Waals surface area contributed by atoms with Crippen LogP contribution in [0.4, 0.5) is 34.1 Å². The molecule has 0 atom stereocenters. The molecule has 0 saturated carbocycles. The Bertz CT molecular complexity index is 4290. The third kappa shape index (κ3) is 12.7. The molecule has 0 unspecified atom stereocenters. The summed E-state index contributed by atoms with van der Waals surface area (Å²) in [5, 5.41) is 7.22. The van der Waals surface area contributed by atoms with E-state index in [0.29, 0.717) is 0 Å². The van der Waals surface area contributed by atoms with Crippen molar-refractivity contribution < 1.29 is 4.74 Å². The Balaban J connectivity index is 0.000000175. The quantitative estimate of drug-likeness (QED) is 0.0952. The van der Waals surface area contributed by atoms with Crippen molar-refractivity contribution in [3.05, 3.63) is 352 Å². The van der Waals surface area contributed by atoms with Crippen LogP contribution in [0.3, 0.4) is 0 Å². The average molecular weight is 1120 g/mol. The summed E-state index contributed by atoms with van der Waals surface area (Å²) in [7, 11) is 1.69. The Morgan fingerprint density at radius 2 is 0.894 bits per heavy atom. The minimum Gasteiger partial charge on any atom is -0.497 e. The summed E-state index contributed by atoms with van der Waals surface area (Å²) in [6.45, 7) is 4.34. The summed E-state index contributed by atoms with van der Waals surface area (Å²) in [6, 6.07) is 95.5. The SMILES string of the molecule is COc1ccc(N(c2ccccc2)c2ccc(C(=CC=Cc3ccccc3)c3cccs3)cc2)cc1.Cc1ccc(C(=CC=Cc2ccccc2)c2c3c(c(N(c4ccc(C)cc4)c4cccc5ccccc45)c4ccccc24)CCCC3)cc1. The number of aryl methyl sites for hydroxylation is 2. The standard InChI is InChI=1S/C48H41N.C33H27NOS/c1-34-26-30-38(31-27-34)41(24-12-16-36-14-4-3-5-15-36)47-42-20-8-10-22-44(42)48(45-23-11-9-21-43(45)47)49(39-32-28-35(2)29-33-39)46-25-13-18-37-17-6-7-19-40(37)46;1-35-31-23-21-30(22-24-31)34(28-13-6-3-7-14-28)29-19-17-27(18-20-29)32(33-16-9-25-36-33)15-8-12-26-10-4-2-5-11-26/h3-8,10,12-20,22,24-33H,9,11,21,23H2,1-2H3;2-25H,1H3. The number of anilines is 6. The maximum atomic E-state index is 5.37. The molecule has 0 aliphatic heterocycles. The smallest absolute Gasteiger partial charge is 0.119 e. The highest BCUT2D eigenvalue weighted by Crippen LogP contribution is 2.50. The zero-order valence-electron chi connectivity index (χ0n) is 48.5. The molecule has 3 nitrogen and oxygen atoms in total. The van der Waals surface area contributed by atoms with E-state index in [1.165, 1.54) is 118 Å². The van der Waals surface area contributed by atoms with E-state index in [1.807, 2.05) is 24.3 Å². The van der Waals surface area contributed by atoms with Crippen molar-refractivity contribution >= 4 is 90.3 Å². The molecule has 0 amide bonds. The van der Waals surface area contributed by atoms with Crippen LogP contribution >= 0.6 is 11.3 Å². The molecule has 4 heteroatoms. The number of para-hydroxylation sites is 1. The molecule has 0 N–H and O–H groups in total.